The fourth-order valence-corrected chi connectivity index (χ4v) is 6.81. The molecule has 3 heterocycles. The number of para-hydroxylation sites is 1. The summed E-state index contributed by atoms with van der Waals surface area (Å²) in [6.07, 6.45) is 1.95. The number of hydrogen-bond donors (Lipinski definition) is 0. The third-order valence-corrected chi connectivity index (χ3v) is 9.09. The lowest BCUT2D eigenvalue weighted by Crippen LogP contribution is -1.94. The number of pyridine rings is 2. The van der Waals surface area contributed by atoms with E-state index in [1.807, 2.05) is 31.3 Å². The van der Waals surface area contributed by atoms with Gasteiger partial charge < -0.3 is 4.57 Å². The molecule has 0 radical (unpaired) electrons. The zero-order valence-corrected chi connectivity index (χ0v) is 25.4. The lowest BCUT2D eigenvalue weighted by Gasteiger charge is -2.11. The molecule has 0 amide bonds. The first kappa shape index (κ1) is 26.4. The third kappa shape index (κ3) is 4.36. The highest BCUT2D eigenvalue weighted by molar-refractivity contribution is 6.19. The van der Waals surface area contributed by atoms with Gasteiger partial charge in [-0.25, -0.2) is 0 Å². The van der Waals surface area contributed by atoms with Gasteiger partial charge in [0.05, 0.1) is 22.4 Å². The Morgan fingerprint density at radius 1 is 0.457 bits per heavy atom. The summed E-state index contributed by atoms with van der Waals surface area (Å²) in [7, 11) is 0. The molecule has 0 saturated carbocycles. The second kappa shape index (κ2) is 10.5. The number of fused-ring (bicyclic) bond motifs is 6. The summed E-state index contributed by atoms with van der Waals surface area (Å²) in [4.78, 5) is 9.40. The Labute approximate surface area is 267 Å². The summed E-state index contributed by atoms with van der Waals surface area (Å²) >= 11 is 0. The van der Waals surface area contributed by atoms with Crippen molar-refractivity contribution in [2.24, 2.45) is 0 Å². The average Bonchev–Trinajstić information content (AvgIpc) is 3.46. The van der Waals surface area contributed by atoms with Crippen LogP contribution < -0.4 is 0 Å². The van der Waals surface area contributed by atoms with Crippen molar-refractivity contribution in [3.05, 3.63) is 164 Å². The van der Waals surface area contributed by atoms with E-state index in [4.69, 9.17) is 4.98 Å². The van der Waals surface area contributed by atoms with Crippen molar-refractivity contribution in [2.45, 2.75) is 6.92 Å². The lowest BCUT2D eigenvalue weighted by atomic mass is 9.99. The van der Waals surface area contributed by atoms with E-state index in [1.54, 1.807) is 0 Å². The van der Waals surface area contributed by atoms with Gasteiger partial charge in [-0.3, -0.25) is 9.97 Å². The highest BCUT2D eigenvalue weighted by atomic mass is 15.0. The molecule has 0 saturated heterocycles. The molecule has 0 bridgehead atoms. The third-order valence-electron chi connectivity index (χ3n) is 9.09. The van der Waals surface area contributed by atoms with Gasteiger partial charge in [-0.1, -0.05) is 103 Å². The number of aryl methyl sites for hydroxylation is 1. The van der Waals surface area contributed by atoms with Crippen molar-refractivity contribution < 1.29 is 0 Å². The second-order valence-electron chi connectivity index (χ2n) is 12.0. The number of benzene rings is 6. The summed E-state index contributed by atoms with van der Waals surface area (Å²) in [5.74, 6) is 0. The van der Waals surface area contributed by atoms with E-state index < -0.39 is 0 Å². The molecule has 3 aromatic heterocycles. The van der Waals surface area contributed by atoms with Crippen molar-refractivity contribution in [1.29, 1.82) is 0 Å². The lowest BCUT2D eigenvalue weighted by molar-refractivity contribution is 1.18. The predicted molar refractivity (Wildman–Crippen MR) is 192 cm³/mol. The quantitative estimate of drug-likeness (QED) is 0.205. The molecule has 6 aromatic carbocycles. The minimum atomic E-state index is 0.880. The predicted octanol–water partition coefficient (Wildman–Crippen LogP) is 11.2. The normalized spacial score (nSPS) is 11.6. The topological polar surface area (TPSA) is 30.7 Å². The van der Waals surface area contributed by atoms with Crippen LogP contribution in [0.2, 0.25) is 0 Å². The Balaban J connectivity index is 1.21. The summed E-state index contributed by atoms with van der Waals surface area (Å²) in [6.45, 7) is 2.00. The van der Waals surface area contributed by atoms with Crippen LogP contribution in [-0.2, 0) is 0 Å². The zero-order valence-electron chi connectivity index (χ0n) is 25.4. The van der Waals surface area contributed by atoms with Gasteiger partial charge in [0.1, 0.15) is 0 Å². The second-order valence-corrected chi connectivity index (χ2v) is 12.0. The first-order valence-electron chi connectivity index (χ1n) is 15.7. The Morgan fingerprint density at radius 2 is 1.13 bits per heavy atom. The van der Waals surface area contributed by atoms with Gasteiger partial charge >= 0.3 is 0 Å². The van der Waals surface area contributed by atoms with Crippen LogP contribution in [0.5, 0.6) is 0 Å². The van der Waals surface area contributed by atoms with Crippen molar-refractivity contribution in [1.82, 2.24) is 14.5 Å². The van der Waals surface area contributed by atoms with Crippen LogP contribution in [0.4, 0.5) is 0 Å². The van der Waals surface area contributed by atoms with Crippen LogP contribution in [0.3, 0.4) is 0 Å². The van der Waals surface area contributed by atoms with Crippen molar-refractivity contribution in [3.8, 4) is 39.3 Å². The fraction of sp³-hybridized carbons (Fsp3) is 0.0233. The smallest absolute Gasteiger partial charge is 0.0889 e. The van der Waals surface area contributed by atoms with Gasteiger partial charge in [-0.05, 0) is 88.3 Å². The summed E-state index contributed by atoms with van der Waals surface area (Å²) in [5.41, 5.74) is 11.0. The molecule has 216 valence electrons. The number of rotatable bonds is 4. The van der Waals surface area contributed by atoms with Gasteiger partial charge in [0.15, 0.2) is 0 Å². The van der Waals surface area contributed by atoms with E-state index in [2.05, 4.69) is 143 Å². The minimum absolute atomic E-state index is 0.880. The molecule has 0 unspecified atom stereocenters. The molecular formula is C43H29N3. The highest BCUT2D eigenvalue weighted by Gasteiger charge is 2.17. The molecular weight excluding hydrogens is 558 g/mol. The van der Waals surface area contributed by atoms with Gasteiger partial charge in [0.25, 0.3) is 0 Å². The monoisotopic (exact) mass is 587 g/mol. The average molecular weight is 588 g/mol. The molecule has 9 aromatic rings. The van der Waals surface area contributed by atoms with E-state index in [1.165, 1.54) is 54.5 Å². The first-order valence-corrected chi connectivity index (χ1v) is 15.7. The summed E-state index contributed by atoms with van der Waals surface area (Å²) < 4.78 is 2.43. The number of nitrogens with zero attached hydrogens (tertiary/aromatic N) is 3. The van der Waals surface area contributed by atoms with Crippen LogP contribution in [0.15, 0.2) is 158 Å². The molecule has 0 aliphatic rings. The molecule has 3 heteroatoms. The van der Waals surface area contributed by atoms with E-state index >= 15 is 0 Å². The van der Waals surface area contributed by atoms with Gasteiger partial charge in [-0.2, -0.15) is 0 Å². The van der Waals surface area contributed by atoms with E-state index in [9.17, 15) is 0 Å². The number of aromatic nitrogens is 3. The van der Waals surface area contributed by atoms with Crippen LogP contribution in [0.1, 0.15) is 5.69 Å². The van der Waals surface area contributed by atoms with E-state index in [0.29, 0.717) is 0 Å². The summed E-state index contributed by atoms with van der Waals surface area (Å²) in [6, 6.07) is 54.5. The van der Waals surface area contributed by atoms with E-state index in [-0.39, 0.29) is 0 Å². The van der Waals surface area contributed by atoms with Crippen molar-refractivity contribution >= 4 is 43.4 Å². The maximum absolute atomic E-state index is 4.76. The van der Waals surface area contributed by atoms with Gasteiger partial charge in [-0.15, -0.1) is 0 Å². The van der Waals surface area contributed by atoms with E-state index in [0.717, 1.165) is 33.9 Å². The Bertz CT molecular complexity index is 2580. The zero-order chi connectivity index (χ0) is 30.6. The molecule has 0 atom stereocenters. The minimum Gasteiger partial charge on any atom is -0.309 e. The van der Waals surface area contributed by atoms with Crippen LogP contribution in [-0.4, -0.2) is 14.5 Å². The van der Waals surface area contributed by atoms with Crippen LogP contribution >= 0.6 is 0 Å². The molecule has 9 rings (SSSR count). The molecule has 0 fully saturated rings. The Hall–Kier alpha value is -6.06. The van der Waals surface area contributed by atoms with Gasteiger partial charge in [0, 0.05) is 39.3 Å². The molecule has 0 aliphatic carbocycles. The number of hydrogen-bond acceptors (Lipinski definition) is 2. The molecule has 0 aliphatic heterocycles. The Morgan fingerprint density at radius 3 is 1.96 bits per heavy atom. The molecule has 46 heavy (non-hydrogen) atoms. The molecule has 0 N–H and O–H groups in total. The summed E-state index contributed by atoms with van der Waals surface area (Å²) in [5, 5.41) is 7.43. The molecule has 0 spiro atoms. The maximum Gasteiger partial charge on any atom is 0.0889 e. The Kier molecular flexibility index (Phi) is 6.04. The maximum atomic E-state index is 4.76. The standard InChI is InChI=1S/C43H29N3/c1-28-8-7-13-41(45-28)40-23-19-35(27-44-40)32-16-20-37-34(25-32)18-22-39-38-21-17-33(31-15-14-29-9-5-6-10-30(29)24-31)26-42(38)46(43(37)39)36-11-3-2-4-12-36/h2-27H,1H3. The highest BCUT2D eigenvalue weighted by Crippen LogP contribution is 2.39. The fourth-order valence-electron chi connectivity index (χ4n) is 6.81. The van der Waals surface area contributed by atoms with Crippen molar-refractivity contribution in [3.63, 3.8) is 0 Å². The van der Waals surface area contributed by atoms with Crippen LogP contribution in [0.25, 0.3) is 82.7 Å². The largest absolute Gasteiger partial charge is 0.309 e. The van der Waals surface area contributed by atoms with Gasteiger partial charge in [0.2, 0.25) is 0 Å². The molecule has 3 nitrogen and oxygen atoms in total. The first-order chi connectivity index (χ1) is 22.7. The SMILES string of the molecule is Cc1cccc(-c2ccc(-c3ccc4c(ccc5c6ccc(-c7ccc8ccccc8c7)cc6n(-c6ccccc6)c45)c3)cn2)n1. The van der Waals surface area contributed by atoms with Crippen LogP contribution in [0, 0.1) is 6.92 Å². The van der Waals surface area contributed by atoms with Crippen molar-refractivity contribution in [2.75, 3.05) is 0 Å².